The quantitative estimate of drug-likeness (QED) is 0.484. The summed E-state index contributed by atoms with van der Waals surface area (Å²) in [5.41, 5.74) is -3.98. The van der Waals surface area contributed by atoms with Crippen LogP contribution in [0.4, 0.5) is 17.6 Å². The molecule has 0 aliphatic rings. The van der Waals surface area contributed by atoms with Crippen molar-refractivity contribution in [2.24, 2.45) is 0 Å². The van der Waals surface area contributed by atoms with E-state index in [1.54, 1.807) is 0 Å². The standard InChI is InChI=1S/C19H16Cl2F4N2O4/c1-8(27-17(29)18(2,30)19(23,24)25)15-13(22)4-9(7-26-15)11-5-10(20)6-12(21)14(11)16(28)31-3/h4-8,30H,1-3H3,(H,27,29)/t8-,18-/m1/s1. The fourth-order valence-corrected chi connectivity index (χ4v) is 3.13. The van der Waals surface area contributed by atoms with E-state index in [0.29, 0.717) is 0 Å². The Hall–Kier alpha value is -2.43. The molecule has 2 rings (SSSR count). The number of rotatable bonds is 5. The molecule has 0 bridgehead atoms. The van der Waals surface area contributed by atoms with Gasteiger partial charge < -0.3 is 15.2 Å². The zero-order valence-corrected chi connectivity index (χ0v) is 17.8. The largest absolute Gasteiger partial charge is 0.465 e. The van der Waals surface area contributed by atoms with Crippen molar-refractivity contribution in [2.45, 2.75) is 31.7 Å². The van der Waals surface area contributed by atoms with Crippen LogP contribution in [0.1, 0.15) is 35.9 Å². The van der Waals surface area contributed by atoms with Crippen LogP contribution in [0.5, 0.6) is 0 Å². The van der Waals surface area contributed by atoms with E-state index in [4.69, 9.17) is 23.2 Å². The Kier molecular flexibility index (Phi) is 7.19. The molecular weight excluding hydrogens is 467 g/mol. The van der Waals surface area contributed by atoms with E-state index in [9.17, 15) is 32.3 Å². The maximum Gasteiger partial charge on any atom is 0.426 e. The van der Waals surface area contributed by atoms with Crippen LogP contribution in [0, 0.1) is 5.82 Å². The molecule has 31 heavy (non-hydrogen) atoms. The first-order valence-corrected chi connectivity index (χ1v) is 9.29. The molecular formula is C19H16Cl2F4N2O4. The second-order valence-electron chi connectivity index (χ2n) is 6.66. The molecule has 2 aromatic rings. The number of nitrogens with zero attached hydrogens (tertiary/aromatic N) is 1. The maximum atomic E-state index is 14.7. The number of hydrogen-bond donors (Lipinski definition) is 2. The highest BCUT2D eigenvalue weighted by molar-refractivity contribution is 6.37. The molecule has 0 unspecified atom stereocenters. The number of pyridine rings is 1. The van der Waals surface area contributed by atoms with Gasteiger partial charge in [-0.05, 0) is 32.0 Å². The van der Waals surface area contributed by atoms with E-state index in [0.717, 1.165) is 19.4 Å². The first-order valence-electron chi connectivity index (χ1n) is 8.54. The SMILES string of the molecule is COC(=O)c1c(Cl)cc(Cl)cc1-c1cnc([C@@H](C)NC(=O)[C@@](C)(O)C(F)(F)F)c(F)c1. The predicted molar refractivity (Wildman–Crippen MR) is 104 cm³/mol. The van der Waals surface area contributed by atoms with Crippen molar-refractivity contribution in [3.8, 4) is 11.1 Å². The average Bonchev–Trinajstić information content (AvgIpc) is 2.65. The number of carbonyl (C=O) groups excluding carboxylic acids is 2. The molecule has 0 spiro atoms. The fourth-order valence-electron chi connectivity index (χ4n) is 2.56. The second kappa shape index (κ2) is 8.97. The van der Waals surface area contributed by atoms with Crippen LogP contribution >= 0.6 is 23.2 Å². The summed E-state index contributed by atoms with van der Waals surface area (Å²) in [6.07, 6.45) is -4.11. The van der Waals surface area contributed by atoms with E-state index in [2.05, 4.69) is 9.72 Å². The van der Waals surface area contributed by atoms with Gasteiger partial charge >= 0.3 is 12.1 Å². The van der Waals surface area contributed by atoms with Crippen molar-refractivity contribution in [3.63, 3.8) is 0 Å². The normalized spacial score (nSPS) is 14.5. The van der Waals surface area contributed by atoms with Crippen LogP contribution < -0.4 is 5.32 Å². The summed E-state index contributed by atoms with van der Waals surface area (Å²) < 4.78 is 57.8. The molecule has 0 saturated carbocycles. The third-order valence-electron chi connectivity index (χ3n) is 4.38. The molecule has 2 atom stereocenters. The second-order valence-corrected chi connectivity index (χ2v) is 7.50. The minimum Gasteiger partial charge on any atom is -0.465 e. The Balaban J connectivity index is 2.41. The molecule has 2 N–H and O–H groups in total. The van der Waals surface area contributed by atoms with Crippen molar-refractivity contribution < 1.29 is 37.0 Å². The summed E-state index contributed by atoms with van der Waals surface area (Å²) >= 11 is 12.0. The molecule has 0 aliphatic carbocycles. The van der Waals surface area contributed by atoms with Gasteiger partial charge in [-0.3, -0.25) is 9.78 Å². The van der Waals surface area contributed by atoms with Gasteiger partial charge in [-0.25, -0.2) is 9.18 Å². The fraction of sp³-hybridized carbons (Fsp3) is 0.316. The molecule has 0 aliphatic heterocycles. The van der Waals surface area contributed by atoms with Crippen LogP contribution in [0.25, 0.3) is 11.1 Å². The van der Waals surface area contributed by atoms with Gasteiger partial charge in [-0.2, -0.15) is 13.2 Å². The summed E-state index contributed by atoms with van der Waals surface area (Å²) in [7, 11) is 1.12. The van der Waals surface area contributed by atoms with Gasteiger partial charge in [0, 0.05) is 22.3 Å². The van der Waals surface area contributed by atoms with Crippen molar-refractivity contribution in [1.82, 2.24) is 10.3 Å². The zero-order chi connectivity index (χ0) is 23.7. The average molecular weight is 483 g/mol. The van der Waals surface area contributed by atoms with Crippen molar-refractivity contribution in [2.75, 3.05) is 7.11 Å². The number of methoxy groups -OCH3 is 1. The Morgan fingerprint density at radius 1 is 1.23 bits per heavy atom. The lowest BCUT2D eigenvalue weighted by Crippen LogP contribution is -2.55. The summed E-state index contributed by atoms with van der Waals surface area (Å²) in [6, 6.07) is 2.25. The lowest BCUT2D eigenvalue weighted by atomic mass is 9.99. The monoisotopic (exact) mass is 482 g/mol. The number of halogens is 6. The Labute approximate surface area is 184 Å². The van der Waals surface area contributed by atoms with Crippen LogP contribution in [-0.4, -0.2) is 40.9 Å². The third kappa shape index (κ3) is 5.08. The number of ether oxygens (including phenoxy) is 1. The molecule has 0 fully saturated rings. The van der Waals surface area contributed by atoms with Gasteiger partial charge in [0.15, 0.2) is 0 Å². The van der Waals surface area contributed by atoms with Crippen LogP contribution in [-0.2, 0) is 9.53 Å². The van der Waals surface area contributed by atoms with E-state index in [-0.39, 0.29) is 33.7 Å². The Morgan fingerprint density at radius 2 is 1.84 bits per heavy atom. The smallest absolute Gasteiger partial charge is 0.426 e. The first kappa shape index (κ1) is 24.8. The minimum absolute atomic E-state index is 0.0474. The van der Waals surface area contributed by atoms with Crippen LogP contribution in [0.2, 0.25) is 10.0 Å². The van der Waals surface area contributed by atoms with E-state index in [1.807, 2.05) is 5.32 Å². The topological polar surface area (TPSA) is 88.5 Å². The Morgan fingerprint density at radius 3 is 2.35 bits per heavy atom. The molecule has 168 valence electrons. The van der Waals surface area contributed by atoms with Crippen molar-refractivity contribution >= 4 is 35.1 Å². The van der Waals surface area contributed by atoms with Gasteiger partial charge in [0.25, 0.3) is 5.91 Å². The number of amides is 1. The zero-order valence-electron chi connectivity index (χ0n) is 16.3. The summed E-state index contributed by atoms with van der Waals surface area (Å²) in [6.45, 7) is 1.46. The minimum atomic E-state index is -5.23. The highest BCUT2D eigenvalue weighted by Gasteiger charge is 2.56. The van der Waals surface area contributed by atoms with Crippen molar-refractivity contribution in [1.29, 1.82) is 0 Å². The van der Waals surface area contributed by atoms with Gasteiger partial charge in [0.2, 0.25) is 5.60 Å². The predicted octanol–water partition coefficient (Wildman–Crippen LogP) is 4.47. The van der Waals surface area contributed by atoms with Gasteiger partial charge in [-0.15, -0.1) is 0 Å². The number of carbonyl (C=O) groups is 2. The van der Waals surface area contributed by atoms with Crippen LogP contribution in [0.3, 0.4) is 0 Å². The van der Waals surface area contributed by atoms with Gasteiger partial charge in [0.1, 0.15) is 5.82 Å². The number of nitrogens with one attached hydrogen (secondary N) is 1. The molecule has 0 radical (unpaired) electrons. The highest BCUT2D eigenvalue weighted by atomic mass is 35.5. The summed E-state index contributed by atoms with van der Waals surface area (Å²) in [5, 5.41) is 11.4. The molecule has 1 heterocycles. The molecule has 6 nitrogen and oxygen atoms in total. The number of alkyl halides is 3. The van der Waals surface area contributed by atoms with Gasteiger partial charge in [-0.1, -0.05) is 23.2 Å². The number of esters is 1. The van der Waals surface area contributed by atoms with E-state index >= 15 is 0 Å². The third-order valence-corrected chi connectivity index (χ3v) is 4.89. The number of hydrogen-bond acceptors (Lipinski definition) is 5. The molecule has 1 aromatic heterocycles. The van der Waals surface area contributed by atoms with E-state index < -0.39 is 41.2 Å². The Bertz CT molecular complexity index is 1030. The number of aromatic nitrogens is 1. The molecule has 1 amide bonds. The maximum absolute atomic E-state index is 14.7. The first-order chi connectivity index (χ1) is 14.2. The molecule has 12 heteroatoms. The van der Waals surface area contributed by atoms with Crippen molar-refractivity contribution in [3.05, 3.63) is 51.5 Å². The molecule has 1 aromatic carbocycles. The molecule has 0 saturated heterocycles. The lowest BCUT2D eigenvalue weighted by molar-refractivity contribution is -0.245. The van der Waals surface area contributed by atoms with Gasteiger partial charge in [0.05, 0.1) is 29.4 Å². The lowest BCUT2D eigenvalue weighted by Gasteiger charge is -2.26. The highest BCUT2D eigenvalue weighted by Crippen LogP contribution is 2.34. The number of aliphatic hydroxyl groups is 1. The summed E-state index contributed by atoms with van der Waals surface area (Å²) in [5.74, 6) is -3.58. The number of benzene rings is 1. The van der Waals surface area contributed by atoms with E-state index in [1.165, 1.54) is 19.1 Å². The summed E-state index contributed by atoms with van der Waals surface area (Å²) in [4.78, 5) is 27.7. The van der Waals surface area contributed by atoms with Crippen LogP contribution in [0.15, 0.2) is 24.4 Å².